The quantitative estimate of drug-likeness (QED) is 0.278. The average molecular weight is 368 g/mol. The van der Waals surface area contributed by atoms with Crippen molar-refractivity contribution in [3.63, 3.8) is 0 Å². The van der Waals surface area contributed by atoms with E-state index in [0.29, 0.717) is 17.1 Å². The van der Waals surface area contributed by atoms with Crippen molar-refractivity contribution >= 4 is 33.5 Å². The van der Waals surface area contributed by atoms with Gasteiger partial charge >= 0.3 is 0 Å². The molecule has 2 aromatic rings. The second-order valence-corrected chi connectivity index (χ2v) is 5.92. The van der Waals surface area contributed by atoms with Crippen LogP contribution in [0.1, 0.15) is 11.1 Å². The number of hydrogen-bond donors (Lipinski definition) is 2. The molecule has 0 bridgehead atoms. The summed E-state index contributed by atoms with van der Waals surface area (Å²) in [5.74, 6) is 1.31. The number of halogens is 1. The van der Waals surface area contributed by atoms with E-state index in [0.717, 1.165) is 15.1 Å². The zero-order chi connectivity index (χ0) is 15.2. The predicted molar refractivity (Wildman–Crippen MR) is 87.0 cm³/mol. The number of ether oxygens (including phenoxy) is 1. The Hall–Kier alpha value is -1.73. The number of rotatable bonds is 5. The van der Waals surface area contributed by atoms with E-state index in [1.165, 1.54) is 0 Å². The van der Waals surface area contributed by atoms with Crippen LogP contribution in [0.15, 0.2) is 51.2 Å². The van der Waals surface area contributed by atoms with Gasteiger partial charge in [0, 0.05) is 16.4 Å². The van der Waals surface area contributed by atoms with Gasteiger partial charge < -0.3 is 15.7 Å². The van der Waals surface area contributed by atoms with Crippen molar-refractivity contribution in [2.24, 2.45) is 10.9 Å². The molecule has 5 nitrogen and oxygen atoms in total. The normalized spacial score (nSPS) is 11.4. The summed E-state index contributed by atoms with van der Waals surface area (Å²) < 4.78 is 6.17. The summed E-state index contributed by atoms with van der Waals surface area (Å²) in [6, 6.07) is 9.41. The first-order valence-electron chi connectivity index (χ1n) is 6.04. The molecule has 0 atom stereocenters. The van der Waals surface area contributed by atoms with Gasteiger partial charge in [-0.1, -0.05) is 11.2 Å². The van der Waals surface area contributed by atoms with Crippen LogP contribution in [0, 0.1) is 0 Å². The lowest BCUT2D eigenvalue weighted by molar-refractivity contribution is 0.318. The van der Waals surface area contributed by atoms with E-state index < -0.39 is 0 Å². The van der Waals surface area contributed by atoms with Crippen molar-refractivity contribution in [3.05, 3.63) is 52.1 Å². The summed E-state index contributed by atoms with van der Waals surface area (Å²) in [5.41, 5.74) is 7.26. The molecule has 110 valence electrons. The molecule has 0 unspecified atom stereocenters. The molecule has 0 radical (unpaired) electrons. The topological polar surface area (TPSA) is 80.7 Å². The molecule has 0 saturated heterocycles. The van der Waals surface area contributed by atoms with Crippen LogP contribution in [0.25, 0.3) is 0 Å². The van der Waals surface area contributed by atoms with Crippen LogP contribution in [-0.2, 0) is 5.75 Å². The zero-order valence-corrected chi connectivity index (χ0v) is 13.7. The van der Waals surface area contributed by atoms with Crippen molar-refractivity contribution < 1.29 is 9.94 Å². The summed E-state index contributed by atoms with van der Waals surface area (Å²) in [6.07, 6.45) is 1.75. The van der Waals surface area contributed by atoms with Crippen LogP contribution in [0.4, 0.5) is 0 Å². The number of nitrogens with two attached hydrogens (primary N) is 1. The minimum absolute atomic E-state index is 0.0257. The molecule has 7 heteroatoms. The first-order chi connectivity index (χ1) is 10.2. The molecule has 1 aromatic heterocycles. The molecular weight excluding hydrogens is 354 g/mol. The molecule has 1 aromatic carbocycles. The van der Waals surface area contributed by atoms with Crippen LogP contribution in [0.3, 0.4) is 0 Å². The molecule has 0 saturated carbocycles. The van der Waals surface area contributed by atoms with Gasteiger partial charge in [0.15, 0.2) is 5.84 Å². The molecule has 0 aliphatic carbocycles. The standard InChI is InChI=1S/C14H14BrN3O2S/c1-20-12-5-4-9(7-10(12)13(16)18-19)8-21-14-11(15)3-2-6-17-14/h2-7,19H,8H2,1H3,(H2,16,18). The Kier molecular flexibility index (Phi) is 5.46. The van der Waals surface area contributed by atoms with Crippen molar-refractivity contribution in [2.45, 2.75) is 10.8 Å². The molecule has 0 aliphatic heterocycles. The van der Waals surface area contributed by atoms with Gasteiger partial charge in [0.2, 0.25) is 0 Å². The fraction of sp³-hybridized carbons (Fsp3) is 0.143. The van der Waals surface area contributed by atoms with E-state index in [-0.39, 0.29) is 5.84 Å². The number of hydrogen-bond acceptors (Lipinski definition) is 5. The average Bonchev–Trinajstić information content (AvgIpc) is 2.53. The van der Waals surface area contributed by atoms with Gasteiger partial charge in [-0.2, -0.15) is 0 Å². The molecule has 0 aliphatic rings. The van der Waals surface area contributed by atoms with Crippen LogP contribution < -0.4 is 10.5 Å². The first-order valence-corrected chi connectivity index (χ1v) is 7.81. The summed E-state index contributed by atoms with van der Waals surface area (Å²) in [5, 5.41) is 12.8. The number of oxime groups is 1. The van der Waals surface area contributed by atoms with E-state index in [9.17, 15) is 0 Å². The number of aromatic nitrogens is 1. The second-order valence-electron chi connectivity index (χ2n) is 4.10. The maximum atomic E-state index is 8.83. The third-order valence-corrected chi connectivity index (χ3v) is 4.73. The lowest BCUT2D eigenvalue weighted by Gasteiger charge is -2.09. The summed E-state index contributed by atoms with van der Waals surface area (Å²) in [6.45, 7) is 0. The van der Waals surface area contributed by atoms with E-state index >= 15 is 0 Å². The molecule has 1 heterocycles. The van der Waals surface area contributed by atoms with Gasteiger partial charge in [0.05, 0.1) is 12.7 Å². The fourth-order valence-electron chi connectivity index (χ4n) is 1.73. The summed E-state index contributed by atoms with van der Waals surface area (Å²) in [7, 11) is 1.54. The van der Waals surface area contributed by atoms with Crippen LogP contribution >= 0.6 is 27.7 Å². The van der Waals surface area contributed by atoms with Gasteiger partial charge in [-0.15, -0.1) is 11.8 Å². The SMILES string of the molecule is COc1ccc(CSc2ncccc2Br)cc1C(N)=NO. The maximum absolute atomic E-state index is 8.83. The maximum Gasteiger partial charge on any atom is 0.173 e. The summed E-state index contributed by atoms with van der Waals surface area (Å²) >= 11 is 5.07. The van der Waals surface area contributed by atoms with Crippen LogP contribution in [0.2, 0.25) is 0 Å². The Bertz CT molecular complexity index is 664. The van der Waals surface area contributed by atoms with Crippen LogP contribution in [0.5, 0.6) is 5.75 Å². The molecule has 0 spiro atoms. The van der Waals surface area contributed by atoms with Gasteiger partial charge in [-0.05, 0) is 45.8 Å². The van der Waals surface area contributed by atoms with E-state index in [2.05, 4.69) is 26.1 Å². The monoisotopic (exact) mass is 367 g/mol. The number of methoxy groups -OCH3 is 1. The number of pyridine rings is 1. The van der Waals surface area contributed by atoms with Gasteiger partial charge in [-0.25, -0.2) is 4.98 Å². The molecule has 0 amide bonds. The molecule has 21 heavy (non-hydrogen) atoms. The van der Waals surface area contributed by atoms with Crippen molar-refractivity contribution in [1.82, 2.24) is 4.98 Å². The lowest BCUT2D eigenvalue weighted by atomic mass is 10.1. The first kappa shape index (κ1) is 15.7. The Balaban J connectivity index is 2.20. The van der Waals surface area contributed by atoms with Gasteiger partial charge in [0.25, 0.3) is 0 Å². The second kappa shape index (κ2) is 7.33. The predicted octanol–water partition coefficient (Wildman–Crippen LogP) is 3.24. The lowest BCUT2D eigenvalue weighted by Crippen LogP contribution is -2.14. The van der Waals surface area contributed by atoms with Crippen molar-refractivity contribution in [3.8, 4) is 5.75 Å². The number of amidine groups is 1. The van der Waals surface area contributed by atoms with E-state index in [4.69, 9.17) is 15.7 Å². The highest BCUT2D eigenvalue weighted by atomic mass is 79.9. The minimum Gasteiger partial charge on any atom is -0.496 e. The highest BCUT2D eigenvalue weighted by Gasteiger charge is 2.10. The summed E-state index contributed by atoms with van der Waals surface area (Å²) in [4.78, 5) is 4.30. The fourth-order valence-corrected chi connectivity index (χ4v) is 3.15. The highest BCUT2D eigenvalue weighted by Crippen LogP contribution is 2.29. The Morgan fingerprint density at radius 3 is 2.95 bits per heavy atom. The zero-order valence-electron chi connectivity index (χ0n) is 11.3. The third-order valence-electron chi connectivity index (χ3n) is 2.75. The Morgan fingerprint density at radius 2 is 2.29 bits per heavy atom. The molecule has 0 fully saturated rings. The Morgan fingerprint density at radius 1 is 1.48 bits per heavy atom. The third kappa shape index (κ3) is 3.89. The van der Waals surface area contributed by atoms with E-state index in [1.807, 2.05) is 24.3 Å². The highest BCUT2D eigenvalue weighted by molar-refractivity contribution is 9.10. The van der Waals surface area contributed by atoms with Gasteiger partial charge in [0.1, 0.15) is 10.8 Å². The van der Waals surface area contributed by atoms with Crippen LogP contribution in [-0.4, -0.2) is 23.1 Å². The minimum atomic E-state index is 0.0257. The van der Waals surface area contributed by atoms with E-state index in [1.54, 1.807) is 31.1 Å². The van der Waals surface area contributed by atoms with Crippen molar-refractivity contribution in [1.29, 1.82) is 0 Å². The smallest absolute Gasteiger partial charge is 0.173 e. The molecule has 2 rings (SSSR count). The molecule has 3 N–H and O–H groups in total. The van der Waals surface area contributed by atoms with Gasteiger partial charge in [-0.3, -0.25) is 0 Å². The molecular formula is C14H14BrN3O2S. The van der Waals surface area contributed by atoms with Crippen molar-refractivity contribution in [2.75, 3.05) is 7.11 Å². The largest absolute Gasteiger partial charge is 0.496 e. The number of nitrogens with zero attached hydrogens (tertiary/aromatic N) is 2. The number of benzene rings is 1. The number of thioether (sulfide) groups is 1. The Labute approximate surface area is 135 Å².